The van der Waals surface area contributed by atoms with Crippen LogP contribution in [0.4, 0.5) is 5.69 Å². The zero-order valence-electron chi connectivity index (χ0n) is 14.4. The van der Waals surface area contributed by atoms with Crippen LogP contribution in [-0.4, -0.2) is 31.2 Å². The molecule has 25 heavy (non-hydrogen) atoms. The maximum Gasteiger partial charge on any atom is 0.251 e. The van der Waals surface area contributed by atoms with Crippen molar-refractivity contribution in [3.63, 3.8) is 0 Å². The molecule has 2 amide bonds. The van der Waals surface area contributed by atoms with Gasteiger partial charge in [-0.15, -0.1) is 11.8 Å². The second-order valence-corrected chi connectivity index (χ2v) is 6.23. The van der Waals surface area contributed by atoms with Crippen molar-refractivity contribution in [1.29, 1.82) is 0 Å². The van der Waals surface area contributed by atoms with E-state index >= 15 is 0 Å². The molecule has 0 radical (unpaired) electrons. The fourth-order valence-corrected chi connectivity index (χ4v) is 3.07. The van der Waals surface area contributed by atoms with Gasteiger partial charge in [0.05, 0.1) is 12.4 Å². The van der Waals surface area contributed by atoms with Gasteiger partial charge in [-0.3, -0.25) is 9.59 Å². The number of para-hydroxylation sites is 1. The molecule has 5 nitrogen and oxygen atoms in total. The van der Waals surface area contributed by atoms with E-state index < -0.39 is 0 Å². The van der Waals surface area contributed by atoms with Crippen LogP contribution >= 0.6 is 11.8 Å². The van der Waals surface area contributed by atoms with Gasteiger partial charge in [0.25, 0.3) is 5.91 Å². The SMILES string of the molecule is CCOc1ccccc1CSCC(=O)Nc1cccc(C(=O)NC)c1. The summed E-state index contributed by atoms with van der Waals surface area (Å²) >= 11 is 1.52. The lowest BCUT2D eigenvalue weighted by atomic mass is 10.2. The van der Waals surface area contributed by atoms with E-state index in [4.69, 9.17) is 4.74 Å². The molecule has 0 bridgehead atoms. The smallest absolute Gasteiger partial charge is 0.251 e. The Balaban J connectivity index is 1.86. The van der Waals surface area contributed by atoms with E-state index in [-0.39, 0.29) is 11.8 Å². The molecular weight excluding hydrogens is 336 g/mol. The maximum absolute atomic E-state index is 12.1. The molecule has 0 aliphatic rings. The maximum atomic E-state index is 12.1. The minimum Gasteiger partial charge on any atom is -0.494 e. The molecule has 0 spiro atoms. The van der Waals surface area contributed by atoms with Crippen molar-refractivity contribution < 1.29 is 14.3 Å². The normalized spacial score (nSPS) is 10.2. The fraction of sp³-hybridized carbons (Fsp3) is 0.263. The zero-order chi connectivity index (χ0) is 18.1. The number of carbonyl (C=O) groups excluding carboxylic acids is 2. The molecule has 0 aliphatic heterocycles. The summed E-state index contributed by atoms with van der Waals surface area (Å²) in [7, 11) is 1.57. The number of hydrogen-bond acceptors (Lipinski definition) is 4. The first-order chi connectivity index (χ1) is 12.1. The molecule has 0 fully saturated rings. The molecule has 2 N–H and O–H groups in total. The highest BCUT2D eigenvalue weighted by atomic mass is 32.2. The van der Waals surface area contributed by atoms with E-state index in [9.17, 15) is 9.59 Å². The Hall–Kier alpha value is -2.47. The predicted octanol–water partition coefficient (Wildman–Crippen LogP) is 3.32. The first-order valence-electron chi connectivity index (χ1n) is 8.04. The number of amides is 2. The summed E-state index contributed by atoms with van der Waals surface area (Å²) < 4.78 is 5.58. The lowest BCUT2D eigenvalue weighted by molar-refractivity contribution is -0.113. The van der Waals surface area contributed by atoms with Crippen LogP contribution in [0.15, 0.2) is 48.5 Å². The Morgan fingerprint density at radius 1 is 1.12 bits per heavy atom. The van der Waals surface area contributed by atoms with Gasteiger partial charge >= 0.3 is 0 Å². The third-order valence-corrected chi connectivity index (χ3v) is 4.38. The molecule has 0 atom stereocenters. The zero-order valence-corrected chi connectivity index (χ0v) is 15.2. The van der Waals surface area contributed by atoms with Crippen LogP contribution in [0.3, 0.4) is 0 Å². The van der Waals surface area contributed by atoms with Crippen LogP contribution in [0.1, 0.15) is 22.8 Å². The van der Waals surface area contributed by atoms with Crippen molar-refractivity contribution in [3.8, 4) is 5.75 Å². The van der Waals surface area contributed by atoms with E-state index in [0.29, 0.717) is 29.4 Å². The predicted molar refractivity (Wildman–Crippen MR) is 102 cm³/mol. The van der Waals surface area contributed by atoms with Gasteiger partial charge in [-0.1, -0.05) is 24.3 Å². The molecule has 132 valence electrons. The average molecular weight is 358 g/mol. The van der Waals surface area contributed by atoms with Gasteiger partial charge in [-0.2, -0.15) is 0 Å². The highest BCUT2D eigenvalue weighted by molar-refractivity contribution is 7.99. The van der Waals surface area contributed by atoms with Crippen LogP contribution < -0.4 is 15.4 Å². The quantitative estimate of drug-likeness (QED) is 0.760. The van der Waals surface area contributed by atoms with E-state index in [2.05, 4.69) is 10.6 Å². The van der Waals surface area contributed by atoms with Crippen LogP contribution in [-0.2, 0) is 10.5 Å². The molecule has 0 saturated carbocycles. The summed E-state index contributed by atoms with van der Waals surface area (Å²) in [6.07, 6.45) is 0. The van der Waals surface area contributed by atoms with Gasteiger partial charge in [0.2, 0.25) is 5.91 Å². The number of rotatable bonds is 8. The van der Waals surface area contributed by atoms with Crippen LogP contribution in [0, 0.1) is 0 Å². The Morgan fingerprint density at radius 3 is 2.68 bits per heavy atom. The van der Waals surface area contributed by atoms with Crippen LogP contribution in [0.2, 0.25) is 0 Å². The van der Waals surface area contributed by atoms with Crippen molar-refractivity contribution >= 4 is 29.3 Å². The Morgan fingerprint density at radius 2 is 1.92 bits per heavy atom. The molecule has 6 heteroatoms. The largest absolute Gasteiger partial charge is 0.494 e. The lowest BCUT2D eigenvalue weighted by Crippen LogP contribution is -2.19. The van der Waals surface area contributed by atoms with Crippen molar-refractivity contribution in [1.82, 2.24) is 5.32 Å². The third-order valence-electron chi connectivity index (χ3n) is 3.40. The molecule has 0 saturated heterocycles. The number of carbonyl (C=O) groups is 2. The van der Waals surface area contributed by atoms with Gasteiger partial charge in [0.15, 0.2) is 0 Å². The van der Waals surface area contributed by atoms with Gasteiger partial charge in [0, 0.05) is 29.6 Å². The number of nitrogens with one attached hydrogen (secondary N) is 2. The second-order valence-electron chi connectivity index (χ2n) is 5.24. The summed E-state index contributed by atoms with van der Waals surface area (Å²) in [6.45, 7) is 2.56. The molecule has 2 rings (SSSR count). The summed E-state index contributed by atoms with van der Waals surface area (Å²) in [5.41, 5.74) is 2.20. The van der Waals surface area contributed by atoms with E-state index in [1.807, 2.05) is 31.2 Å². The third kappa shape index (κ3) is 5.83. The Kier molecular flexibility index (Phi) is 7.35. The summed E-state index contributed by atoms with van der Waals surface area (Å²) in [5.74, 6) is 1.59. The Labute approximate surface area is 152 Å². The standard InChI is InChI=1S/C19H22N2O3S/c1-3-24-17-10-5-4-7-15(17)12-25-13-18(22)21-16-9-6-8-14(11-16)19(23)20-2/h4-11H,3,12-13H2,1-2H3,(H,20,23)(H,21,22). The summed E-state index contributed by atoms with van der Waals surface area (Å²) in [5, 5.41) is 5.38. The van der Waals surface area contributed by atoms with Gasteiger partial charge in [-0.25, -0.2) is 0 Å². The number of ether oxygens (including phenoxy) is 1. The lowest BCUT2D eigenvalue weighted by Gasteiger charge is -2.10. The molecule has 0 aliphatic carbocycles. The topological polar surface area (TPSA) is 67.4 Å². The summed E-state index contributed by atoms with van der Waals surface area (Å²) in [6, 6.07) is 14.7. The first-order valence-corrected chi connectivity index (χ1v) is 9.20. The minimum absolute atomic E-state index is 0.104. The Bertz CT molecular complexity index is 734. The monoisotopic (exact) mass is 358 g/mol. The first kappa shape index (κ1) is 18.9. The second kappa shape index (κ2) is 9.74. The van der Waals surface area contributed by atoms with Gasteiger partial charge in [0.1, 0.15) is 5.75 Å². The van der Waals surface area contributed by atoms with Gasteiger partial charge < -0.3 is 15.4 Å². The summed E-state index contributed by atoms with van der Waals surface area (Å²) in [4.78, 5) is 23.7. The number of hydrogen-bond donors (Lipinski definition) is 2. The number of benzene rings is 2. The fourth-order valence-electron chi connectivity index (χ4n) is 2.25. The highest BCUT2D eigenvalue weighted by Crippen LogP contribution is 2.23. The van der Waals surface area contributed by atoms with Crippen molar-refractivity contribution in [3.05, 3.63) is 59.7 Å². The van der Waals surface area contributed by atoms with E-state index in [0.717, 1.165) is 11.3 Å². The molecular formula is C19H22N2O3S. The number of anilines is 1. The van der Waals surface area contributed by atoms with Crippen molar-refractivity contribution in [2.24, 2.45) is 0 Å². The van der Waals surface area contributed by atoms with Crippen molar-refractivity contribution in [2.75, 3.05) is 24.7 Å². The van der Waals surface area contributed by atoms with Crippen molar-refractivity contribution in [2.45, 2.75) is 12.7 Å². The molecule has 2 aromatic carbocycles. The molecule has 0 unspecified atom stereocenters. The molecule has 0 aromatic heterocycles. The van der Waals surface area contributed by atoms with Gasteiger partial charge in [-0.05, 0) is 31.2 Å². The van der Waals surface area contributed by atoms with E-state index in [1.165, 1.54) is 11.8 Å². The molecule has 0 heterocycles. The number of thioether (sulfide) groups is 1. The van der Waals surface area contributed by atoms with Crippen LogP contribution in [0.5, 0.6) is 5.75 Å². The van der Waals surface area contributed by atoms with Crippen LogP contribution in [0.25, 0.3) is 0 Å². The average Bonchev–Trinajstić information content (AvgIpc) is 2.63. The highest BCUT2D eigenvalue weighted by Gasteiger charge is 2.08. The minimum atomic E-state index is -0.182. The molecule has 2 aromatic rings. The van der Waals surface area contributed by atoms with E-state index in [1.54, 1.807) is 31.3 Å².